The van der Waals surface area contributed by atoms with Crippen molar-refractivity contribution in [2.24, 2.45) is 5.92 Å². The summed E-state index contributed by atoms with van der Waals surface area (Å²) in [6.45, 7) is 0.293. The topological polar surface area (TPSA) is 72.9 Å². The third kappa shape index (κ3) is 2.59. The number of fused-ring (bicyclic) bond motifs is 1. The lowest BCUT2D eigenvalue weighted by Crippen LogP contribution is -2.42. The van der Waals surface area contributed by atoms with Crippen molar-refractivity contribution in [2.45, 2.75) is 18.6 Å². The van der Waals surface area contributed by atoms with E-state index in [-0.39, 0.29) is 23.6 Å². The van der Waals surface area contributed by atoms with Crippen LogP contribution >= 0.6 is 0 Å². The number of imide groups is 1. The Labute approximate surface area is 145 Å². The van der Waals surface area contributed by atoms with E-state index in [9.17, 15) is 14.7 Å². The van der Waals surface area contributed by atoms with E-state index < -0.39 is 12.0 Å². The van der Waals surface area contributed by atoms with Crippen molar-refractivity contribution in [1.82, 2.24) is 15.3 Å². The highest BCUT2D eigenvalue weighted by atomic mass is 16.3. The number of carbonyl (C=O) groups excluding carboxylic acids is 2. The van der Waals surface area contributed by atoms with Crippen LogP contribution in [-0.2, 0) is 16.1 Å². The molecule has 0 saturated carbocycles. The number of phenolic OH excluding ortho intramolecular Hbond substituents is 1. The second-order valence-corrected chi connectivity index (χ2v) is 6.53. The molecule has 0 radical (unpaired) electrons. The molecule has 2 heterocycles. The second-order valence-electron chi connectivity index (χ2n) is 6.53. The first kappa shape index (κ1) is 15.8. The third-order valence-electron chi connectivity index (χ3n) is 4.97. The maximum atomic E-state index is 13.0. The molecule has 6 nitrogen and oxygen atoms in total. The molecule has 2 fully saturated rings. The van der Waals surface area contributed by atoms with Crippen molar-refractivity contribution < 1.29 is 14.7 Å². The zero-order valence-electron chi connectivity index (χ0n) is 13.8. The van der Waals surface area contributed by atoms with Gasteiger partial charge < -0.3 is 5.11 Å². The second kappa shape index (κ2) is 5.98. The molecule has 0 aliphatic carbocycles. The Bertz CT molecular complexity index is 806. The van der Waals surface area contributed by atoms with Gasteiger partial charge in [0.15, 0.2) is 0 Å². The molecule has 128 valence electrons. The van der Waals surface area contributed by atoms with Crippen molar-refractivity contribution in [2.75, 3.05) is 7.05 Å². The molecule has 2 aromatic rings. The summed E-state index contributed by atoms with van der Waals surface area (Å²) >= 11 is 0. The number of likely N-dealkylation sites (N-methyl/N-ethyl adjacent to an activating group) is 1. The fourth-order valence-corrected chi connectivity index (χ4v) is 3.73. The van der Waals surface area contributed by atoms with E-state index in [1.54, 1.807) is 36.3 Å². The molecule has 2 aliphatic heterocycles. The van der Waals surface area contributed by atoms with E-state index in [2.05, 4.69) is 5.43 Å². The van der Waals surface area contributed by atoms with Gasteiger partial charge in [0.2, 0.25) is 11.8 Å². The highest BCUT2D eigenvalue weighted by molar-refractivity contribution is 6.07. The molecule has 6 heteroatoms. The highest BCUT2D eigenvalue weighted by Crippen LogP contribution is 2.40. The van der Waals surface area contributed by atoms with E-state index in [4.69, 9.17) is 0 Å². The molecule has 2 saturated heterocycles. The summed E-state index contributed by atoms with van der Waals surface area (Å²) in [5.41, 5.74) is 5.03. The molecular formula is C19H19N3O3. The molecule has 4 rings (SSSR count). The van der Waals surface area contributed by atoms with Gasteiger partial charge in [-0.25, -0.2) is 10.4 Å². The van der Waals surface area contributed by atoms with Crippen LogP contribution in [0.25, 0.3) is 0 Å². The summed E-state index contributed by atoms with van der Waals surface area (Å²) in [6, 6.07) is 15.5. The van der Waals surface area contributed by atoms with Crippen LogP contribution in [0.3, 0.4) is 0 Å². The molecule has 2 amide bonds. The number of amides is 2. The Kier molecular flexibility index (Phi) is 3.78. The average molecular weight is 337 g/mol. The number of likely N-dealkylation sites (tertiary alicyclic amines) is 1. The smallest absolute Gasteiger partial charge is 0.249 e. The molecule has 25 heavy (non-hydrogen) atoms. The number of nitrogens with zero attached hydrogens (tertiary/aromatic N) is 2. The summed E-state index contributed by atoms with van der Waals surface area (Å²) in [6.07, 6.45) is 0. The van der Waals surface area contributed by atoms with Crippen molar-refractivity contribution in [3.8, 4) is 5.75 Å². The molecule has 0 bridgehead atoms. The molecular weight excluding hydrogens is 318 g/mol. The Hall–Kier alpha value is -2.70. The fourth-order valence-electron chi connectivity index (χ4n) is 3.73. The number of carbonyl (C=O) groups is 2. The fraction of sp³-hybridized carbons (Fsp3) is 0.263. The number of hydrogen-bond acceptors (Lipinski definition) is 5. The summed E-state index contributed by atoms with van der Waals surface area (Å²) in [4.78, 5) is 27.2. The molecule has 2 aliphatic rings. The number of benzene rings is 2. The Balaban J connectivity index is 1.63. The van der Waals surface area contributed by atoms with Crippen molar-refractivity contribution in [3.63, 3.8) is 0 Å². The summed E-state index contributed by atoms with van der Waals surface area (Å²) in [5, 5.41) is 11.2. The van der Waals surface area contributed by atoms with Crippen LogP contribution in [-0.4, -0.2) is 39.9 Å². The SMILES string of the molecule is CN1N[C@H](c2ccc(O)cc2)[C@@H]2C(=O)N(Cc3ccccc3)C(=O)[C@H]21. The number of hydrazine groups is 1. The zero-order valence-corrected chi connectivity index (χ0v) is 13.8. The Morgan fingerprint density at radius 3 is 2.36 bits per heavy atom. The van der Waals surface area contributed by atoms with Gasteiger partial charge in [-0.3, -0.25) is 14.5 Å². The Morgan fingerprint density at radius 2 is 1.68 bits per heavy atom. The van der Waals surface area contributed by atoms with Crippen molar-refractivity contribution in [3.05, 3.63) is 65.7 Å². The lowest BCUT2D eigenvalue weighted by atomic mass is 9.91. The van der Waals surface area contributed by atoms with Gasteiger partial charge >= 0.3 is 0 Å². The number of aromatic hydroxyl groups is 1. The van der Waals surface area contributed by atoms with E-state index in [0.29, 0.717) is 6.54 Å². The molecule has 3 atom stereocenters. The van der Waals surface area contributed by atoms with Crippen molar-refractivity contribution >= 4 is 11.8 Å². The van der Waals surface area contributed by atoms with E-state index in [1.807, 2.05) is 30.3 Å². The van der Waals surface area contributed by atoms with E-state index in [1.165, 1.54) is 4.90 Å². The first-order chi connectivity index (χ1) is 12.1. The first-order valence-corrected chi connectivity index (χ1v) is 8.23. The van der Waals surface area contributed by atoms with Gasteiger partial charge in [-0.15, -0.1) is 0 Å². The number of hydrogen-bond donors (Lipinski definition) is 2. The molecule has 2 aromatic carbocycles. The quantitative estimate of drug-likeness (QED) is 0.829. The van der Waals surface area contributed by atoms with Gasteiger partial charge in [-0.2, -0.15) is 0 Å². The standard InChI is InChI=1S/C19H19N3O3/c1-21-17-15(16(20-21)13-7-9-14(23)10-8-13)18(24)22(19(17)25)11-12-5-3-2-4-6-12/h2-10,15-17,20,23H,11H2,1H3/t15-,16+,17-/m0/s1. The van der Waals surface area contributed by atoms with E-state index >= 15 is 0 Å². The predicted molar refractivity (Wildman–Crippen MR) is 91.0 cm³/mol. The van der Waals surface area contributed by atoms with Crippen LogP contribution in [0.2, 0.25) is 0 Å². The van der Waals surface area contributed by atoms with E-state index in [0.717, 1.165) is 11.1 Å². The molecule has 0 aromatic heterocycles. The third-order valence-corrected chi connectivity index (χ3v) is 4.97. The van der Waals surface area contributed by atoms with Crippen LogP contribution in [0.4, 0.5) is 0 Å². The number of nitrogens with one attached hydrogen (secondary N) is 1. The van der Waals surface area contributed by atoms with Gasteiger partial charge in [0, 0.05) is 7.05 Å². The molecule has 0 unspecified atom stereocenters. The van der Waals surface area contributed by atoms with Gasteiger partial charge in [0.1, 0.15) is 11.8 Å². The predicted octanol–water partition coefficient (Wildman–Crippen LogP) is 1.44. The van der Waals surface area contributed by atoms with Crippen molar-refractivity contribution in [1.29, 1.82) is 0 Å². The Morgan fingerprint density at radius 1 is 1.00 bits per heavy atom. The van der Waals surface area contributed by atoms with Crippen LogP contribution in [0.1, 0.15) is 17.2 Å². The monoisotopic (exact) mass is 337 g/mol. The highest BCUT2D eigenvalue weighted by Gasteiger charge is 2.57. The average Bonchev–Trinajstić information content (AvgIpc) is 3.08. The first-order valence-electron chi connectivity index (χ1n) is 8.23. The van der Waals surface area contributed by atoms with Gasteiger partial charge in [0.25, 0.3) is 0 Å². The summed E-state index contributed by atoms with van der Waals surface area (Å²) < 4.78 is 0. The molecule has 0 spiro atoms. The van der Waals surface area contributed by atoms with Crippen LogP contribution in [0, 0.1) is 5.92 Å². The number of phenols is 1. The van der Waals surface area contributed by atoms with Crippen LogP contribution < -0.4 is 5.43 Å². The normalized spacial score (nSPS) is 26.3. The summed E-state index contributed by atoms with van der Waals surface area (Å²) in [7, 11) is 1.79. The lowest BCUT2D eigenvalue weighted by molar-refractivity contribution is -0.142. The maximum absolute atomic E-state index is 13.0. The van der Waals surface area contributed by atoms with Gasteiger partial charge in [-0.05, 0) is 23.3 Å². The minimum absolute atomic E-state index is 0.159. The zero-order chi connectivity index (χ0) is 17.6. The van der Waals surface area contributed by atoms with Crippen LogP contribution in [0.5, 0.6) is 5.75 Å². The van der Waals surface area contributed by atoms with Gasteiger partial charge in [-0.1, -0.05) is 42.5 Å². The molecule has 2 N–H and O–H groups in total. The van der Waals surface area contributed by atoms with Gasteiger partial charge in [0.05, 0.1) is 18.5 Å². The number of rotatable bonds is 3. The maximum Gasteiger partial charge on any atom is 0.249 e. The summed E-state index contributed by atoms with van der Waals surface area (Å²) in [5.74, 6) is -0.624. The minimum Gasteiger partial charge on any atom is -0.508 e. The van der Waals surface area contributed by atoms with Crippen LogP contribution in [0.15, 0.2) is 54.6 Å². The largest absolute Gasteiger partial charge is 0.508 e. The minimum atomic E-state index is -0.505. The lowest BCUT2D eigenvalue weighted by Gasteiger charge is -2.22.